The van der Waals surface area contributed by atoms with Gasteiger partial charge >= 0.3 is 12.0 Å². The molecule has 0 aliphatic rings. The van der Waals surface area contributed by atoms with Gasteiger partial charge in [-0.15, -0.1) is 0 Å². The van der Waals surface area contributed by atoms with Crippen LogP contribution in [0, 0.1) is 13.8 Å². The van der Waals surface area contributed by atoms with Gasteiger partial charge in [0.15, 0.2) is 0 Å². The summed E-state index contributed by atoms with van der Waals surface area (Å²) in [4.78, 5) is 22.6. The van der Waals surface area contributed by atoms with Gasteiger partial charge in [-0.25, -0.2) is 9.59 Å². The normalized spacial score (nSPS) is 10.9. The maximum absolute atomic E-state index is 11.7. The fraction of sp³-hybridized carbons (Fsp3) is 0.385. The molecule has 5 heteroatoms. The second-order valence-corrected chi connectivity index (χ2v) is 4.83. The lowest BCUT2D eigenvalue weighted by Gasteiger charge is -2.21. The van der Waals surface area contributed by atoms with Crippen molar-refractivity contribution < 1.29 is 14.7 Å². The summed E-state index contributed by atoms with van der Waals surface area (Å²) < 4.78 is 0. The molecule has 2 amide bonds. The number of hydrogen-bond acceptors (Lipinski definition) is 2. The number of nitrogens with one attached hydrogen (secondary N) is 2. The molecule has 1 aromatic rings. The fourth-order valence-electron chi connectivity index (χ4n) is 1.36. The minimum Gasteiger partial charge on any atom is -0.480 e. The van der Waals surface area contributed by atoms with Crippen LogP contribution in [0.25, 0.3) is 0 Å². The van der Waals surface area contributed by atoms with Crippen LogP contribution in [0.1, 0.15) is 25.0 Å². The van der Waals surface area contributed by atoms with Crippen molar-refractivity contribution >= 4 is 17.7 Å². The van der Waals surface area contributed by atoms with Crippen LogP contribution < -0.4 is 10.6 Å². The Labute approximate surface area is 106 Å². The summed E-state index contributed by atoms with van der Waals surface area (Å²) in [6.45, 7) is 6.65. The molecule has 18 heavy (non-hydrogen) atoms. The summed E-state index contributed by atoms with van der Waals surface area (Å²) in [7, 11) is 0. The molecule has 0 aliphatic heterocycles. The Morgan fingerprint density at radius 3 is 2.39 bits per heavy atom. The number of urea groups is 1. The van der Waals surface area contributed by atoms with Crippen molar-refractivity contribution in [3.05, 3.63) is 29.3 Å². The molecule has 0 saturated carbocycles. The van der Waals surface area contributed by atoms with E-state index in [4.69, 9.17) is 5.11 Å². The van der Waals surface area contributed by atoms with Crippen LogP contribution in [0.2, 0.25) is 0 Å². The Hall–Kier alpha value is -2.04. The number of aliphatic carboxylic acids is 1. The molecule has 0 atom stereocenters. The van der Waals surface area contributed by atoms with Gasteiger partial charge < -0.3 is 15.7 Å². The maximum Gasteiger partial charge on any atom is 0.328 e. The number of carboxylic acid groups (broad SMARTS) is 1. The van der Waals surface area contributed by atoms with Crippen molar-refractivity contribution in [3.8, 4) is 0 Å². The standard InChI is InChI=1S/C13H18N2O3/c1-8-5-6-9(2)10(7-8)14-12(18)15-13(3,4)11(16)17/h5-7H,1-4H3,(H,16,17)(H2,14,15,18). The molecule has 0 aromatic heterocycles. The monoisotopic (exact) mass is 250 g/mol. The summed E-state index contributed by atoms with van der Waals surface area (Å²) in [6, 6.07) is 5.14. The zero-order chi connectivity index (χ0) is 13.9. The van der Waals surface area contributed by atoms with Gasteiger partial charge in [-0.3, -0.25) is 0 Å². The third kappa shape index (κ3) is 3.48. The van der Waals surface area contributed by atoms with Crippen molar-refractivity contribution in [2.45, 2.75) is 33.2 Å². The summed E-state index contributed by atoms with van der Waals surface area (Å²) in [6.07, 6.45) is 0. The number of carbonyl (C=O) groups excluding carboxylic acids is 1. The van der Waals surface area contributed by atoms with E-state index in [0.29, 0.717) is 5.69 Å². The first-order chi connectivity index (χ1) is 8.22. The van der Waals surface area contributed by atoms with E-state index in [1.165, 1.54) is 13.8 Å². The maximum atomic E-state index is 11.7. The zero-order valence-corrected chi connectivity index (χ0v) is 11.0. The highest BCUT2D eigenvalue weighted by Crippen LogP contribution is 2.16. The third-order valence-electron chi connectivity index (χ3n) is 2.60. The van der Waals surface area contributed by atoms with Crippen molar-refractivity contribution in [2.24, 2.45) is 0 Å². The molecular weight excluding hydrogens is 232 g/mol. The SMILES string of the molecule is Cc1ccc(C)c(NC(=O)NC(C)(C)C(=O)O)c1. The molecule has 0 unspecified atom stereocenters. The van der Waals surface area contributed by atoms with Crippen molar-refractivity contribution in [1.82, 2.24) is 5.32 Å². The molecular formula is C13H18N2O3. The second-order valence-electron chi connectivity index (χ2n) is 4.83. The number of benzene rings is 1. The Morgan fingerprint density at radius 1 is 1.22 bits per heavy atom. The Balaban J connectivity index is 2.77. The highest BCUT2D eigenvalue weighted by molar-refractivity contribution is 5.94. The Morgan fingerprint density at radius 2 is 1.83 bits per heavy atom. The molecule has 0 bridgehead atoms. The van der Waals surface area contributed by atoms with Gasteiger partial charge in [-0.2, -0.15) is 0 Å². The minimum absolute atomic E-state index is 0.531. The van der Waals surface area contributed by atoms with E-state index >= 15 is 0 Å². The molecule has 0 spiro atoms. The lowest BCUT2D eigenvalue weighted by atomic mass is 10.1. The summed E-state index contributed by atoms with van der Waals surface area (Å²) in [5.74, 6) is -1.08. The van der Waals surface area contributed by atoms with Crippen molar-refractivity contribution in [2.75, 3.05) is 5.32 Å². The molecule has 3 N–H and O–H groups in total. The van der Waals surface area contributed by atoms with Gasteiger partial charge in [0.2, 0.25) is 0 Å². The van der Waals surface area contributed by atoms with E-state index < -0.39 is 17.5 Å². The minimum atomic E-state index is -1.30. The summed E-state index contributed by atoms with van der Waals surface area (Å²) in [5.41, 5.74) is 1.31. The molecule has 0 saturated heterocycles. The average molecular weight is 250 g/mol. The molecule has 1 rings (SSSR count). The zero-order valence-electron chi connectivity index (χ0n) is 11.0. The van der Waals surface area contributed by atoms with E-state index in [-0.39, 0.29) is 0 Å². The number of amides is 2. The van der Waals surface area contributed by atoms with Gasteiger partial charge in [0.05, 0.1) is 0 Å². The van der Waals surface area contributed by atoms with Crippen LogP contribution >= 0.6 is 0 Å². The Bertz CT molecular complexity index is 481. The largest absolute Gasteiger partial charge is 0.480 e. The van der Waals surface area contributed by atoms with Gasteiger partial charge in [0.1, 0.15) is 5.54 Å². The number of rotatable bonds is 3. The van der Waals surface area contributed by atoms with E-state index in [1.54, 1.807) is 0 Å². The molecule has 0 fully saturated rings. The smallest absolute Gasteiger partial charge is 0.328 e. The number of carbonyl (C=O) groups is 2. The van der Waals surface area contributed by atoms with Crippen LogP contribution in [-0.2, 0) is 4.79 Å². The first-order valence-electron chi connectivity index (χ1n) is 5.62. The quantitative estimate of drug-likeness (QED) is 0.770. The first-order valence-corrected chi connectivity index (χ1v) is 5.62. The van der Waals surface area contributed by atoms with Gasteiger partial charge in [-0.05, 0) is 44.9 Å². The van der Waals surface area contributed by atoms with Crippen LogP contribution in [-0.4, -0.2) is 22.6 Å². The number of hydrogen-bond donors (Lipinski definition) is 3. The first kappa shape index (κ1) is 14.0. The topological polar surface area (TPSA) is 78.4 Å². The number of anilines is 1. The highest BCUT2D eigenvalue weighted by Gasteiger charge is 2.28. The number of carboxylic acids is 1. The van der Waals surface area contributed by atoms with E-state index in [9.17, 15) is 9.59 Å². The molecule has 1 aromatic carbocycles. The Kier molecular flexibility index (Phi) is 3.96. The molecule has 5 nitrogen and oxygen atoms in total. The average Bonchev–Trinajstić information content (AvgIpc) is 2.22. The predicted octanol–water partition coefficient (Wildman–Crippen LogP) is 2.29. The highest BCUT2D eigenvalue weighted by atomic mass is 16.4. The number of aryl methyl sites for hydroxylation is 2. The van der Waals surface area contributed by atoms with E-state index in [2.05, 4.69) is 10.6 Å². The van der Waals surface area contributed by atoms with Gasteiger partial charge in [0, 0.05) is 5.69 Å². The van der Waals surface area contributed by atoms with Crippen LogP contribution in [0.15, 0.2) is 18.2 Å². The van der Waals surface area contributed by atoms with E-state index in [1.807, 2.05) is 32.0 Å². The molecule has 0 radical (unpaired) electrons. The summed E-state index contributed by atoms with van der Waals surface area (Å²) in [5, 5.41) is 14.0. The predicted molar refractivity (Wildman–Crippen MR) is 69.8 cm³/mol. The van der Waals surface area contributed by atoms with Crippen LogP contribution in [0.5, 0.6) is 0 Å². The molecule has 98 valence electrons. The van der Waals surface area contributed by atoms with Crippen molar-refractivity contribution in [1.29, 1.82) is 0 Å². The molecule has 0 aliphatic carbocycles. The van der Waals surface area contributed by atoms with E-state index in [0.717, 1.165) is 11.1 Å². The van der Waals surface area contributed by atoms with Gasteiger partial charge in [0.25, 0.3) is 0 Å². The third-order valence-corrected chi connectivity index (χ3v) is 2.60. The lowest BCUT2D eigenvalue weighted by molar-refractivity contribution is -0.142. The second kappa shape index (κ2) is 5.08. The van der Waals surface area contributed by atoms with Gasteiger partial charge in [-0.1, -0.05) is 12.1 Å². The van der Waals surface area contributed by atoms with Crippen LogP contribution in [0.3, 0.4) is 0 Å². The van der Waals surface area contributed by atoms with Crippen molar-refractivity contribution in [3.63, 3.8) is 0 Å². The van der Waals surface area contributed by atoms with Crippen LogP contribution in [0.4, 0.5) is 10.5 Å². The molecule has 0 heterocycles. The fourth-order valence-corrected chi connectivity index (χ4v) is 1.36. The lowest BCUT2D eigenvalue weighted by Crippen LogP contribution is -2.51. The summed E-state index contributed by atoms with van der Waals surface area (Å²) >= 11 is 0.